The highest BCUT2D eigenvalue weighted by molar-refractivity contribution is 4.38. The normalized spacial score (nSPS) is 3.60. The lowest BCUT2D eigenvalue weighted by Crippen LogP contribution is -2.02. The largest absolute Gasteiger partial charge is 0.516 e. The van der Waals surface area contributed by atoms with E-state index in [1.165, 1.54) is 0 Å². The maximum atomic E-state index is 7.33. The molecule has 0 rings (SSSR count). The Morgan fingerprint density at radius 1 is 1.60 bits per heavy atom. The van der Waals surface area contributed by atoms with Gasteiger partial charge in [0.15, 0.2) is 0 Å². The van der Waals surface area contributed by atoms with E-state index < -0.39 is 0 Å². The maximum Gasteiger partial charge on any atom is 0.0719 e. The quantitative estimate of drug-likeness (QED) is 0.207. The molecule has 3 heteroatoms. The zero-order valence-corrected chi connectivity index (χ0v) is 2.89. The van der Waals surface area contributed by atoms with E-state index in [1.807, 2.05) is 0 Å². The minimum absolute atomic E-state index is 0.750. The van der Waals surface area contributed by atoms with Crippen LogP contribution >= 0.6 is 0 Å². The van der Waals surface area contributed by atoms with Crippen LogP contribution in [0.25, 0.3) is 0 Å². The van der Waals surface area contributed by atoms with Gasteiger partial charge in [0.2, 0.25) is 0 Å². The Labute approximate surface area is 30.9 Å². The third kappa shape index (κ3) is 25.3. The van der Waals surface area contributed by atoms with E-state index >= 15 is 0 Å². The van der Waals surface area contributed by atoms with Crippen molar-refractivity contribution in [3.63, 3.8) is 0 Å². The Balaban J connectivity index is 0. The highest BCUT2D eigenvalue weighted by Gasteiger charge is 1.11. The van der Waals surface area contributed by atoms with Gasteiger partial charge >= 0.3 is 0 Å². The predicted octanol–water partition coefficient (Wildman–Crippen LogP) is -0.493. The van der Waals surface area contributed by atoms with Crippen LogP contribution in [0.1, 0.15) is 0 Å². The maximum absolute atomic E-state index is 7.33. The third-order valence-corrected chi connectivity index (χ3v) is 0. The summed E-state index contributed by atoms with van der Waals surface area (Å²) in [5.41, 5.74) is 0. The van der Waals surface area contributed by atoms with Crippen LogP contribution in [0.4, 0.5) is 0 Å². The van der Waals surface area contributed by atoms with Gasteiger partial charge in [-0.05, 0) is 0 Å². The molecule has 0 fully saturated rings. The van der Waals surface area contributed by atoms with Gasteiger partial charge < -0.3 is 5.11 Å². The average molecular weight is 76.1 g/mol. The molecule has 0 atom stereocenters. The van der Waals surface area contributed by atoms with Crippen molar-refractivity contribution in [2.24, 2.45) is 11.7 Å². The minimum Gasteiger partial charge on any atom is -0.516 e. The van der Waals surface area contributed by atoms with Gasteiger partial charge in [0.1, 0.15) is 0 Å². The molecule has 0 aromatic rings. The second-order valence-corrected chi connectivity index (χ2v) is 0.183. The molecule has 0 saturated heterocycles. The van der Waals surface area contributed by atoms with E-state index in [1.54, 1.807) is 0 Å². The lowest BCUT2D eigenvalue weighted by Gasteiger charge is -1.41. The molecule has 0 aliphatic heterocycles. The highest BCUT2D eigenvalue weighted by atomic mass is 16.2. The second kappa shape index (κ2) is 99.0. The fourth-order valence-electron chi connectivity index (χ4n) is 0. The van der Waals surface area contributed by atoms with Crippen LogP contribution in [-0.4, -0.2) is 5.11 Å². The molecule has 0 heterocycles. The van der Waals surface area contributed by atoms with Crippen molar-refractivity contribution in [1.29, 1.82) is 0 Å². The van der Waals surface area contributed by atoms with Gasteiger partial charge in [-0.15, -0.1) is 0 Å². The second-order valence-electron chi connectivity index (χ2n) is 0.183. The summed E-state index contributed by atoms with van der Waals surface area (Å²) < 4.78 is 0. The molecule has 0 radical (unpaired) electrons. The van der Waals surface area contributed by atoms with E-state index in [-0.39, 0.29) is 0 Å². The summed E-state index contributed by atoms with van der Waals surface area (Å²) in [5, 5.41) is 7.33. The molecule has 0 amide bonds. The molecule has 0 aromatic heterocycles. The number of aliphatic hydroxyl groups is 1. The summed E-state index contributed by atoms with van der Waals surface area (Å²) in [6.07, 6.45) is 0.750. The standard InChI is InChI=1S/C2H4O.H4N2/c1-2-3;1-2/h2-3H,1H2;1-2H2. The monoisotopic (exact) mass is 76.1 g/mol. The minimum atomic E-state index is 0.750. The van der Waals surface area contributed by atoms with Crippen molar-refractivity contribution in [3.05, 3.63) is 12.8 Å². The molecule has 0 aliphatic carbocycles. The van der Waals surface area contributed by atoms with Gasteiger partial charge in [0.25, 0.3) is 0 Å². The predicted molar refractivity (Wildman–Crippen MR) is 21.2 cm³/mol. The Morgan fingerprint density at radius 2 is 1.60 bits per heavy atom. The number of aliphatic hydroxyl groups excluding tert-OH is 1. The van der Waals surface area contributed by atoms with Crippen LogP contribution in [0.3, 0.4) is 0 Å². The first-order valence-electron chi connectivity index (χ1n) is 1.000. The van der Waals surface area contributed by atoms with Crippen molar-refractivity contribution in [2.75, 3.05) is 0 Å². The first kappa shape index (κ1) is 8.82. The van der Waals surface area contributed by atoms with Crippen LogP contribution in [0.2, 0.25) is 0 Å². The van der Waals surface area contributed by atoms with E-state index in [9.17, 15) is 0 Å². The number of hydrogen-bond acceptors (Lipinski definition) is 3. The summed E-state index contributed by atoms with van der Waals surface area (Å²) in [6.45, 7) is 2.92. The van der Waals surface area contributed by atoms with E-state index in [0.717, 1.165) is 6.26 Å². The number of hydrazine groups is 1. The first-order chi connectivity index (χ1) is 2.41. The number of nitrogens with two attached hydrogens (primary N) is 2. The summed E-state index contributed by atoms with van der Waals surface area (Å²) in [4.78, 5) is 0. The van der Waals surface area contributed by atoms with Crippen LogP contribution in [0.5, 0.6) is 0 Å². The average Bonchev–Trinajstić information content (AvgIpc) is 1.46. The van der Waals surface area contributed by atoms with Gasteiger partial charge in [-0.25, -0.2) is 0 Å². The zero-order chi connectivity index (χ0) is 4.71. The van der Waals surface area contributed by atoms with Gasteiger partial charge in [0, 0.05) is 0 Å². The summed E-state index contributed by atoms with van der Waals surface area (Å²) in [5.74, 6) is 8.00. The zero-order valence-electron chi connectivity index (χ0n) is 2.89. The number of rotatable bonds is 0. The fourth-order valence-corrected chi connectivity index (χ4v) is 0. The van der Waals surface area contributed by atoms with Crippen molar-refractivity contribution in [3.8, 4) is 0 Å². The molecule has 3 nitrogen and oxygen atoms in total. The summed E-state index contributed by atoms with van der Waals surface area (Å²) >= 11 is 0. The molecule has 0 aromatic carbocycles. The third-order valence-electron chi connectivity index (χ3n) is 0. The Morgan fingerprint density at radius 3 is 1.60 bits per heavy atom. The van der Waals surface area contributed by atoms with Crippen LogP contribution in [0, 0.1) is 0 Å². The van der Waals surface area contributed by atoms with Crippen molar-refractivity contribution in [2.45, 2.75) is 0 Å². The molecule has 0 bridgehead atoms. The lowest BCUT2D eigenvalue weighted by molar-refractivity contribution is 0.476. The Bertz CT molecular complexity index is 15.1. The number of hydrogen-bond donors (Lipinski definition) is 3. The van der Waals surface area contributed by atoms with Crippen molar-refractivity contribution < 1.29 is 5.11 Å². The topological polar surface area (TPSA) is 72.3 Å². The molecular weight excluding hydrogens is 68.0 g/mol. The van der Waals surface area contributed by atoms with E-state index in [0.29, 0.717) is 0 Å². The summed E-state index contributed by atoms with van der Waals surface area (Å²) in [7, 11) is 0. The first-order valence-corrected chi connectivity index (χ1v) is 1.000. The van der Waals surface area contributed by atoms with Crippen LogP contribution < -0.4 is 11.7 Å². The Kier molecular flexibility index (Phi) is 175. The Hall–Kier alpha value is -0.540. The molecule has 5 heavy (non-hydrogen) atoms. The van der Waals surface area contributed by atoms with Gasteiger partial charge in [-0.2, -0.15) is 0 Å². The van der Waals surface area contributed by atoms with Crippen molar-refractivity contribution in [1.82, 2.24) is 0 Å². The molecule has 0 aliphatic rings. The summed E-state index contributed by atoms with van der Waals surface area (Å²) in [6, 6.07) is 0. The fraction of sp³-hybridized carbons (Fsp3) is 0. The molecule has 0 saturated carbocycles. The van der Waals surface area contributed by atoms with Crippen LogP contribution in [0.15, 0.2) is 12.8 Å². The van der Waals surface area contributed by atoms with Gasteiger partial charge in [-0.1, -0.05) is 6.58 Å². The SMILES string of the molecule is C=CO.NN. The molecular formula is C2H8N2O. The molecule has 32 valence electrons. The lowest BCUT2D eigenvalue weighted by atomic mass is 11.2. The van der Waals surface area contributed by atoms with Gasteiger partial charge in [-0.3, -0.25) is 11.7 Å². The highest BCUT2D eigenvalue weighted by Crippen LogP contribution is 1.26. The van der Waals surface area contributed by atoms with Crippen molar-refractivity contribution >= 4 is 0 Å². The van der Waals surface area contributed by atoms with Crippen LogP contribution in [-0.2, 0) is 0 Å². The molecule has 5 N–H and O–H groups in total. The van der Waals surface area contributed by atoms with E-state index in [2.05, 4.69) is 18.3 Å². The van der Waals surface area contributed by atoms with E-state index in [4.69, 9.17) is 5.11 Å². The smallest absolute Gasteiger partial charge is 0.0719 e. The van der Waals surface area contributed by atoms with Gasteiger partial charge in [0.05, 0.1) is 6.26 Å². The molecule has 0 spiro atoms. The molecule has 0 unspecified atom stereocenters.